The molecule has 0 radical (unpaired) electrons. The van der Waals surface area contributed by atoms with Crippen molar-refractivity contribution in [3.05, 3.63) is 157 Å². The zero-order chi connectivity index (χ0) is 35.0. The van der Waals surface area contributed by atoms with Crippen LogP contribution in [0.25, 0.3) is 106 Å². The minimum atomic E-state index is 0.415. The highest BCUT2D eigenvalue weighted by atomic mass is 16.3. The van der Waals surface area contributed by atoms with Gasteiger partial charge in [0, 0.05) is 38.1 Å². The lowest BCUT2D eigenvalue weighted by Gasteiger charge is -2.14. The van der Waals surface area contributed by atoms with Gasteiger partial charge in [-0.15, -0.1) is 0 Å². The maximum atomic E-state index is 11.1. The van der Waals surface area contributed by atoms with Gasteiger partial charge in [0.25, 0.3) is 0 Å². The molecule has 4 heterocycles. The van der Waals surface area contributed by atoms with Crippen LogP contribution in [0, 0.1) is 11.3 Å². The van der Waals surface area contributed by atoms with Gasteiger partial charge in [-0.3, -0.25) is 0 Å². The smallest absolute Gasteiger partial charge is 0.167 e. The van der Waals surface area contributed by atoms with E-state index in [-0.39, 0.29) is 0 Å². The zero-order valence-corrected chi connectivity index (χ0v) is 28.0. The summed E-state index contributed by atoms with van der Waals surface area (Å²) in [5.74, 6) is 1.47. The summed E-state index contributed by atoms with van der Waals surface area (Å²) in [7, 11) is 0. The predicted molar refractivity (Wildman–Crippen MR) is 210 cm³/mol. The van der Waals surface area contributed by atoms with Crippen molar-refractivity contribution in [2.24, 2.45) is 0 Å². The molecule has 0 atom stereocenters. The minimum Gasteiger partial charge on any atom is -0.456 e. The summed E-state index contributed by atoms with van der Waals surface area (Å²) in [6.45, 7) is 0. The maximum absolute atomic E-state index is 11.1. The number of rotatable bonds is 4. The molecule has 0 spiro atoms. The van der Waals surface area contributed by atoms with Crippen LogP contribution in [0.5, 0.6) is 0 Å². The lowest BCUT2D eigenvalue weighted by Crippen LogP contribution is -2.03. The molecule has 0 aliphatic heterocycles. The zero-order valence-electron chi connectivity index (χ0n) is 28.0. The van der Waals surface area contributed by atoms with Gasteiger partial charge in [-0.1, -0.05) is 115 Å². The van der Waals surface area contributed by atoms with Crippen LogP contribution in [-0.4, -0.2) is 19.5 Å². The first-order chi connectivity index (χ1) is 26.2. The first-order valence-corrected chi connectivity index (χ1v) is 17.3. The van der Waals surface area contributed by atoms with E-state index in [0.717, 1.165) is 71.3 Å². The molecule has 246 valence electrons. The maximum Gasteiger partial charge on any atom is 0.167 e. The van der Waals surface area contributed by atoms with Gasteiger partial charge >= 0.3 is 0 Å². The second kappa shape index (κ2) is 11.2. The Hall–Kier alpha value is -7.56. The lowest BCUT2D eigenvalue weighted by molar-refractivity contribution is 0.668. The van der Waals surface area contributed by atoms with Crippen LogP contribution < -0.4 is 0 Å². The van der Waals surface area contributed by atoms with Crippen LogP contribution in [0.1, 0.15) is 5.56 Å². The third-order valence-electron chi connectivity index (χ3n) is 10.1. The molecule has 7 heteroatoms. The summed E-state index contributed by atoms with van der Waals surface area (Å²) in [4.78, 5) is 15.0. The fourth-order valence-electron chi connectivity index (χ4n) is 7.81. The van der Waals surface area contributed by atoms with E-state index in [2.05, 4.69) is 41.0 Å². The number of nitriles is 1. The Morgan fingerprint density at radius 1 is 0.472 bits per heavy atom. The number of hydrogen-bond acceptors (Lipinski definition) is 6. The molecule has 7 nitrogen and oxygen atoms in total. The fraction of sp³-hybridized carbons (Fsp3) is 0. The molecule has 0 N–H and O–H groups in total. The lowest BCUT2D eigenvalue weighted by atomic mass is 10.0. The van der Waals surface area contributed by atoms with Crippen molar-refractivity contribution in [3.63, 3.8) is 0 Å². The Bertz CT molecular complexity index is 3240. The van der Waals surface area contributed by atoms with E-state index in [0.29, 0.717) is 39.8 Å². The summed E-state index contributed by atoms with van der Waals surface area (Å²) >= 11 is 0. The van der Waals surface area contributed by atoms with Crippen molar-refractivity contribution < 1.29 is 8.83 Å². The highest BCUT2D eigenvalue weighted by molar-refractivity contribution is 6.28. The molecule has 0 saturated carbocycles. The van der Waals surface area contributed by atoms with Gasteiger partial charge in [0.15, 0.2) is 17.5 Å². The molecule has 0 aliphatic rings. The van der Waals surface area contributed by atoms with Crippen LogP contribution in [-0.2, 0) is 0 Å². The first kappa shape index (κ1) is 29.2. The quantitative estimate of drug-likeness (QED) is 0.184. The molecule has 0 amide bonds. The molecule has 53 heavy (non-hydrogen) atoms. The molecule has 0 fully saturated rings. The van der Waals surface area contributed by atoms with Gasteiger partial charge in [0.05, 0.1) is 33.2 Å². The third kappa shape index (κ3) is 4.30. The van der Waals surface area contributed by atoms with Crippen molar-refractivity contribution in [2.75, 3.05) is 0 Å². The van der Waals surface area contributed by atoms with E-state index in [1.807, 2.05) is 121 Å². The third-order valence-corrected chi connectivity index (χ3v) is 10.1. The average Bonchev–Trinajstić information content (AvgIpc) is 3.90. The van der Waals surface area contributed by atoms with E-state index < -0.39 is 0 Å². The Morgan fingerprint density at radius 3 is 1.72 bits per heavy atom. The predicted octanol–water partition coefficient (Wildman–Crippen LogP) is 11.6. The van der Waals surface area contributed by atoms with Crippen molar-refractivity contribution in [3.8, 4) is 45.9 Å². The molecule has 0 unspecified atom stereocenters. The molecule has 4 aromatic heterocycles. The SMILES string of the molecule is N#Cc1cc(-c2nc(-c3ccccc3)nc(-c3ccccc3)n2)c2oc3ccccc3c2c1-n1c2ccccc2c2c3c(ccc21)oc1ccccc13. The Labute approximate surface area is 301 Å². The monoisotopic (exact) mass is 679 g/mol. The molecule has 0 aliphatic carbocycles. The molecule has 11 aromatic rings. The summed E-state index contributed by atoms with van der Waals surface area (Å²) in [6, 6.07) is 52.7. The molecular weight excluding hydrogens is 655 g/mol. The van der Waals surface area contributed by atoms with Gasteiger partial charge < -0.3 is 13.4 Å². The Kier molecular flexibility index (Phi) is 6.18. The number of fused-ring (bicyclic) bond motifs is 10. The standard InChI is InChI=1S/C46H25N5O2/c47-26-29-25-33(46-49-44(27-13-3-1-4-14-27)48-45(50-46)28-15-5-2-6-16-28)43-41(32-19-9-12-22-37(32)53-43)42(29)51-34-20-10-7-17-30(34)39-35(51)23-24-38-40(39)31-18-8-11-21-36(31)52-38/h1-25H. The molecule has 0 bridgehead atoms. The number of furan rings is 2. The van der Waals surface area contributed by atoms with Crippen molar-refractivity contribution >= 4 is 65.7 Å². The molecule has 7 aromatic carbocycles. The van der Waals surface area contributed by atoms with Crippen LogP contribution in [0.4, 0.5) is 0 Å². The number of nitrogens with zero attached hydrogens (tertiary/aromatic N) is 5. The summed E-state index contributed by atoms with van der Waals surface area (Å²) < 4.78 is 15.3. The Morgan fingerprint density at radius 2 is 1.04 bits per heavy atom. The van der Waals surface area contributed by atoms with Crippen LogP contribution in [0.2, 0.25) is 0 Å². The minimum absolute atomic E-state index is 0.415. The highest BCUT2D eigenvalue weighted by Crippen LogP contribution is 2.46. The Balaban J connectivity index is 1.28. The molecular formula is C46H25N5O2. The van der Waals surface area contributed by atoms with Gasteiger partial charge in [-0.2, -0.15) is 5.26 Å². The largest absolute Gasteiger partial charge is 0.456 e. The fourth-order valence-corrected chi connectivity index (χ4v) is 7.81. The normalized spacial score (nSPS) is 11.8. The van der Waals surface area contributed by atoms with Crippen LogP contribution in [0.15, 0.2) is 160 Å². The summed E-state index contributed by atoms with van der Waals surface area (Å²) in [6.07, 6.45) is 0. The first-order valence-electron chi connectivity index (χ1n) is 17.3. The van der Waals surface area contributed by atoms with Gasteiger partial charge in [0.1, 0.15) is 28.4 Å². The topological polar surface area (TPSA) is 93.7 Å². The second-order valence-electron chi connectivity index (χ2n) is 13.1. The van der Waals surface area contributed by atoms with Gasteiger partial charge in [-0.25, -0.2) is 15.0 Å². The molecule has 11 rings (SSSR count). The van der Waals surface area contributed by atoms with Crippen LogP contribution in [0.3, 0.4) is 0 Å². The summed E-state index contributed by atoms with van der Waals surface area (Å²) in [5.41, 5.74) is 8.37. The van der Waals surface area contributed by atoms with Crippen molar-refractivity contribution in [2.45, 2.75) is 0 Å². The van der Waals surface area contributed by atoms with E-state index in [4.69, 9.17) is 23.8 Å². The number of aromatic nitrogens is 4. The van der Waals surface area contributed by atoms with Gasteiger partial charge in [-0.05, 0) is 36.4 Å². The summed E-state index contributed by atoms with van der Waals surface area (Å²) in [5, 5.41) is 17.0. The highest BCUT2D eigenvalue weighted by Gasteiger charge is 2.27. The number of hydrogen-bond donors (Lipinski definition) is 0. The van der Waals surface area contributed by atoms with E-state index in [1.54, 1.807) is 0 Å². The molecule has 0 saturated heterocycles. The average molecular weight is 680 g/mol. The van der Waals surface area contributed by atoms with E-state index in [1.165, 1.54) is 0 Å². The van der Waals surface area contributed by atoms with Crippen LogP contribution >= 0.6 is 0 Å². The van der Waals surface area contributed by atoms with E-state index >= 15 is 0 Å². The van der Waals surface area contributed by atoms with Crippen molar-refractivity contribution in [1.82, 2.24) is 19.5 Å². The van der Waals surface area contributed by atoms with Crippen molar-refractivity contribution in [1.29, 1.82) is 5.26 Å². The van der Waals surface area contributed by atoms with Gasteiger partial charge in [0.2, 0.25) is 0 Å². The van der Waals surface area contributed by atoms with E-state index in [9.17, 15) is 5.26 Å². The number of para-hydroxylation sites is 3. The second-order valence-corrected chi connectivity index (χ2v) is 13.1. The number of benzene rings is 7.